The second-order valence-corrected chi connectivity index (χ2v) is 8.22. The zero-order valence-corrected chi connectivity index (χ0v) is 18.1. The average molecular weight is 429 g/mol. The number of ether oxygens (including phenoxy) is 2. The monoisotopic (exact) mass is 428 g/mol. The van der Waals surface area contributed by atoms with Crippen molar-refractivity contribution in [2.45, 2.75) is 44.7 Å². The average Bonchev–Trinajstić information content (AvgIpc) is 3.20. The van der Waals surface area contributed by atoms with Crippen LogP contribution in [0.5, 0.6) is 11.5 Å². The molecule has 7 heteroatoms. The lowest BCUT2D eigenvalue weighted by Crippen LogP contribution is -2.34. The van der Waals surface area contributed by atoms with Gasteiger partial charge in [-0.25, -0.2) is 4.39 Å². The first-order chi connectivity index (χ1) is 15.0. The van der Waals surface area contributed by atoms with E-state index in [9.17, 15) is 9.18 Å². The molecule has 2 heterocycles. The Labute approximate surface area is 182 Å². The van der Waals surface area contributed by atoms with Gasteiger partial charge in [-0.1, -0.05) is 11.2 Å². The summed E-state index contributed by atoms with van der Waals surface area (Å²) in [7, 11) is 1.58. The molecule has 31 heavy (non-hydrogen) atoms. The summed E-state index contributed by atoms with van der Waals surface area (Å²) in [6.45, 7) is 5.07. The van der Waals surface area contributed by atoms with Crippen molar-refractivity contribution in [1.82, 2.24) is 10.1 Å². The number of carbonyl (C=O) groups excluding carboxylic acids is 1. The summed E-state index contributed by atoms with van der Waals surface area (Å²) < 4.78 is 30.1. The van der Waals surface area contributed by atoms with Gasteiger partial charge < -0.3 is 18.9 Å². The fourth-order valence-corrected chi connectivity index (χ4v) is 4.32. The predicted octanol–water partition coefficient (Wildman–Crippen LogP) is 4.44. The van der Waals surface area contributed by atoms with E-state index in [0.717, 1.165) is 50.2 Å². The third-order valence-corrected chi connectivity index (χ3v) is 6.10. The number of likely N-dealkylation sites (tertiary alicyclic amines) is 1. The van der Waals surface area contributed by atoms with Gasteiger partial charge in [-0.3, -0.25) is 4.79 Å². The molecule has 1 atom stereocenters. The van der Waals surface area contributed by atoms with Gasteiger partial charge in [-0.2, -0.15) is 0 Å². The molecule has 0 amide bonds. The summed E-state index contributed by atoms with van der Waals surface area (Å²) in [6, 6.07) is 5.27. The van der Waals surface area contributed by atoms with Gasteiger partial charge >= 0.3 is 0 Å². The van der Waals surface area contributed by atoms with Gasteiger partial charge in [0.1, 0.15) is 11.9 Å². The van der Waals surface area contributed by atoms with Crippen LogP contribution in [0.25, 0.3) is 6.08 Å². The first-order valence-electron chi connectivity index (χ1n) is 10.9. The van der Waals surface area contributed by atoms with Crippen LogP contribution in [0.1, 0.15) is 59.5 Å². The highest BCUT2D eigenvalue weighted by atomic mass is 19.1. The molecule has 1 aromatic carbocycles. The molecule has 1 unspecified atom stereocenters. The van der Waals surface area contributed by atoms with Crippen LogP contribution in [-0.2, 0) is 6.42 Å². The van der Waals surface area contributed by atoms with E-state index >= 15 is 0 Å². The third kappa shape index (κ3) is 4.98. The van der Waals surface area contributed by atoms with Crippen LogP contribution in [0.3, 0.4) is 0 Å². The Kier molecular flexibility index (Phi) is 6.70. The van der Waals surface area contributed by atoms with Crippen LogP contribution in [-0.4, -0.2) is 55.4 Å². The summed E-state index contributed by atoms with van der Waals surface area (Å²) in [5, 5.41) is 4.26. The Balaban J connectivity index is 1.22. The molecule has 4 rings (SSSR count). The van der Waals surface area contributed by atoms with Gasteiger partial charge in [0.25, 0.3) is 0 Å². The Morgan fingerprint density at radius 1 is 1.29 bits per heavy atom. The number of alkyl halides is 1. The lowest BCUT2D eigenvalue weighted by Gasteiger charge is -2.31. The first kappa shape index (κ1) is 21.6. The predicted molar refractivity (Wildman–Crippen MR) is 116 cm³/mol. The van der Waals surface area contributed by atoms with Gasteiger partial charge in [-0.05, 0) is 63.6 Å². The van der Waals surface area contributed by atoms with Crippen LogP contribution >= 0.6 is 0 Å². The number of piperidine rings is 1. The minimum absolute atomic E-state index is 0.00186. The van der Waals surface area contributed by atoms with Crippen molar-refractivity contribution in [3.63, 3.8) is 0 Å². The zero-order chi connectivity index (χ0) is 21.8. The van der Waals surface area contributed by atoms with Gasteiger partial charge in [0.2, 0.25) is 0 Å². The third-order valence-electron chi connectivity index (χ3n) is 6.10. The van der Waals surface area contributed by atoms with Gasteiger partial charge in [0.05, 0.1) is 19.4 Å². The molecule has 1 fully saturated rings. The van der Waals surface area contributed by atoms with Gasteiger partial charge in [-0.15, -0.1) is 0 Å². The van der Waals surface area contributed by atoms with E-state index in [1.807, 2.05) is 6.08 Å². The molecule has 0 spiro atoms. The van der Waals surface area contributed by atoms with E-state index in [0.29, 0.717) is 41.8 Å². The summed E-state index contributed by atoms with van der Waals surface area (Å²) in [4.78, 5) is 14.0. The Bertz CT molecular complexity index is 947. The van der Waals surface area contributed by atoms with E-state index in [1.54, 1.807) is 31.4 Å². The van der Waals surface area contributed by atoms with E-state index in [-0.39, 0.29) is 5.78 Å². The van der Waals surface area contributed by atoms with Crippen molar-refractivity contribution in [1.29, 1.82) is 0 Å². The number of benzene rings is 1. The number of nitrogens with zero attached hydrogens (tertiary/aromatic N) is 2. The van der Waals surface area contributed by atoms with Crippen molar-refractivity contribution < 1.29 is 23.2 Å². The maximum Gasteiger partial charge on any atom is 0.161 e. The minimum atomic E-state index is -0.968. The summed E-state index contributed by atoms with van der Waals surface area (Å²) in [5.41, 5.74) is 2.59. The molecular weight excluding hydrogens is 399 g/mol. The van der Waals surface area contributed by atoms with Gasteiger partial charge in [0.15, 0.2) is 17.3 Å². The normalized spacial score (nSPS) is 19.3. The molecule has 1 aliphatic heterocycles. The van der Waals surface area contributed by atoms with Crippen LogP contribution in [0.4, 0.5) is 4.39 Å². The molecule has 0 saturated carbocycles. The first-order valence-corrected chi connectivity index (χ1v) is 10.9. The Hall–Kier alpha value is -2.67. The fourth-order valence-electron chi connectivity index (χ4n) is 4.32. The molecule has 1 aliphatic carbocycles. The van der Waals surface area contributed by atoms with Crippen molar-refractivity contribution in [3.8, 4) is 11.5 Å². The second kappa shape index (κ2) is 9.64. The number of hydrogen-bond donors (Lipinski definition) is 0. The number of halogens is 1. The smallest absolute Gasteiger partial charge is 0.161 e. The number of hydrogen-bond acceptors (Lipinski definition) is 6. The van der Waals surface area contributed by atoms with E-state index in [4.69, 9.17) is 14.0 Å². The number of Topliss-reactive ketones (excluding diaryl/α,β-unsaturated/α-hetero) is 1. The molecule has 2 aromatic rings. The molecule has 0 bridgehead atoms. The lowest BCUT2D eigenvalue weighted by molar-refractivity contribution is 0.101. The maximum atomic E-state index is 13.5. The van der Waals surface area contributed by atoms with E-state index < -0.39 is 6.17 Å². The quantitative estimate of drug-likeness (QED) is 0.457. The van der Waals surface area contributed by atoms with E-state index in [2.05, 4.69) is 10.1 Å². The number of allylic oxidation sites excluding steroid dienone is 1. The molecule has 1 aromatic heterocycles. The van der Waals surface area contributed by atoms with Crippen LogP contribution in [0.2, 0.25) is 0 Å². The summed E-state index contributed by atoms with van der Waals surface area (Å²) >= 11 is 0. The van der Waals surface area contributed by atoms with Crippen molar-refractivity contribution in [3.05, 3.63) is 46.9 Å². The minimum Gasteiger partial charge on any atom is -0.493 e. The molecule has 0 radical (unpaired) electrons. The van der Waals surface area contributed by atoms with Crippen molar-refractivity contribution in [2.75, 3.05) is 33.4 Å². The van der Waals surface area contributed by atoms with Crippen LogP contribution in [0.15, 0.2) is 28.8 Å². The standard InChI is InChI=1S/C24H29FN2O4/c1-16(28)18-4-7-21(23(14-18)29-2)30-13-3-10-27-11-8-17(9-12-27)24-20-6-5-19(25)15-22(20)31-26-24/h4-7,14,17,19H,3,8-13,15H2,1-2H3. The highest BCUT2D eigenvalue weighted by Crippen LogP contribution is 2.34. The van der Waals surface area contributed by atoms with Crippen LogP contribution < -0.4 is 9.47 Å². The number of aromatic nitrogens is 1. The SMILES string of the molecule is COc1cc(C(C)=O)ccc1OCCCN1CCC(c2noc3c2C=CC(F)C3)CC1. The number of fused-ring (bicyclic) bond motifs is 1. The van der Waals surface area contributed by atoms with E-state index in [1.165, 1.54) is 6.92 Å². The zero-order valence-electron chi connectivity index (χ0n) is 18.1. The highest BCUT2D eigenvalue weighted by Gasteiger charge is 2.28. The Morgan fingerprint density at radius 2 is 2.10 bits per heavy atom. The Morgan fingerprint density at radius 3 is 2.84 bits per heavy atom. The second-order valence-electron chi connectivity index (χ2n) is 8.22. The molecule has 2 aliphatic rings. The summed E-state index contributed by atoms with van der Waals surface area (Å²) in [6.07, 6.45) is 5.70. The highest BCUT2D eigenvalue weighted by molar-refractivity contribution is 5.94. The molecule has 0 N–H and O–H groups in total. The molecule has 1 saturated heterocycles. The molecule has 6 nitrogen and oxygen atoms in total. The van der Waals surface area contributed by atoms with Crippen molar-refractivity contribution in [2.24, 2.45) is 0 Å². The van der Waals surface area contributed by atoms with Crippen LogP contribution in [0, 0.1) is 0 Å². The largest absolute Gasteiger partial charge is 0.493 e. The lowest BCUT2D eigenvalue weighted by atomic mass is 9.89. The number of carbonyl (C=O) groups is 1. The molecule has 166 valence electrons. The number of rotatable bonds is 8. The van der Waals surface area contributed by atoms with Gasteiger partial charge in [0, 0.05) is 30.0 Å². The topological polar surface area (TPSA) is 64.8 Å². The maximum absolute atomic E-state index is 13.5. The van der Waals surface area contributed by atoms with Crippen molar-refractivity contribution >= 4 is 11.9 Å². The number of ketones is 1. The molecular formula is C24H29FN2O4. The summed E-state index contributed by atoms with van der Waals surface area (Å²) in [5.74, 6) is 2.28. The number of methoxy groups -OCH3 is 1. The fraction of sp³-hybridized carbons (Fsp3) is 0.500.